The summed E-state index contributed by atoms with van der Waals surface area (Å²) in [6, 6.07) is 7.10. The van der Waals surface area contributed by atoms with Crippen LogP contribution in [-0.4, -0.2) is 65.3 Å². The standard InChI is InChI=1S/C20H34N4O2S.HI/c1-4-21-20(23-14-10-18-11-15-24(2)16-12-18)22-13-9-17-5-7-19(8-6-17)27(3,25)26;/h5-8,18H,4,9-16H2,1-3H3,(H2,21,22,23);1H. The summed E-state index contributed by atoms with van der Waals surface area (Å²) in [4.78, 5) is 7.47. The molecule has 1 aliphatic heterocycles. The van der Waals surface area contributed by atoms with E-state index >= 15 is 0 Å². The van der Waals surface area contributed by atoms with Crippen LogP contribution in [0.4, 0.5) is 0 Å². The molecule has 1 aromatic rings. The number of nitrogens with zero attached hydrogens (tertiary/aromatic N) is 2. The molecular weight excluding hydrogens is 487 g/mol. The smallest absolute Gasteiger partial charge is 0.191 e. The van der Waals surface area contributed by atoms with Crippen molar-refractivity contribution in [1.29, 1.82) is 0 Å². The molecule has 0 aliphatic carbocycles. The van der Waals surface area contributed by atoms with E-state index in [2.05, 4.69) is 29.5 Å². The fraction of sp³-hybridized carbons (Fsp3) is 0.650. The number of nitrogens with one attached hydrogen (secondary N) is 2. The third kappa shape index (κ3) is 9.09. The molecule has 0 amide bonds. The van der Waals surface area contributed by atoms with Crippen LogP contribution in [0.1, 0.15) is 31.7 Å². The first kappa shape index (κ1) is 25.2. The molecule has 1 saturated heterocycles. The zero-order chi connectivity index (χ0) is 19.7. The molecule has 0 unspecified atom stereocenters. The lowest BCUT2D eigenvalue weighted by atomic mass is 9.94. The molecule has 1 aliphatic rings. The van der Waals surface area contributed by atoms with Crippen LogP contribution in [0.25, 0.3) is 0 Å². The van der Waals surface area contributed by atoms with Crippen LogP contribution in [0.5, 0.6) is 0 Å². The van der Waals surface area contributed by atoms with Crippen molar-refractivity contribution < 1.29 is 8.42 Å². The first-order valence-corrected chi connectivity index (χ1v) is 11.8. The number of hydrogen-bond acceptors (Lipinski definition) is 4. The quantitative estimate of drug-likeness (QED) is 0.312. The maximum absolute atomic E-state index is 11.5. The normalized spacial score (nSPS) is 16.5. The molecule has 0 radical (unpaired) electrons. The number of guanidine groups is 1. The summed E-state index contributed by atoms with van der Waals surface area (Å²) >= 11 is 0. The second-order valence-corrected chi connectivity index (χ2v) is 9.40. The van der Waals surface area contributed by atoms with Gasteiger partial charge < -0.3 is 15.5 Å². The number of aliphatic imine (C=N–C) groups is 1. The molecule has 0 atom stereocenters. The van der Waals surface area contributed by atoms with Gasteiger partial charge in [0.25, 0.3) is 0 Å². The topological polar surface area (TPSA) is 73.8 Å². The molecule has 1 fully saturated rings. The van der Waals surface area contributed by atoms with E-state index < -0.39 is 9.84 Å². The van der Waals surface area contributed by atoms with Gasteiger partial charge in [-0.25, -0.2) is 8.42 Å². The molecule has 2 N–H and O–H groups in total. The van der Waals surface area contributed by atoms with Crippen LogP contribution in [0, 0.1) is 5.92 Å². The Labute approximate surface area is 187 Å². The van der Waals surface area contributed by atoms with Gasteiger partial charge in [-0.05, 0) is 76.4 Å². The second kappa shape index (κ2) is 12.6. The molecule has 160 valence electrons. The largest absolute Gasteiger partial charge is 0.357 e. The zero-order valence-electron chi connectivity index (χ0n) is 17.3. The maximum Gasteiger partial charge on any atom is 0.191 e. The molecule has 0 aromatic heterocycles. The Morgan fingerprint density at radius 3 is 2.39 bits per heavy atom. The number of rotatable bonds is 8. The first-order chi connectivity index (χ1) is 12.9. The van der Waals surface area contributed by atoms with E-state index in [0.717, 1.165) is 49.9 Å². The fourth-order valence-corrected chi connectivity index (χ4v) is 3.91. The minimum atomic E-state index is -3.13. The highest BCUT2D eigenvalue weighted by Crippen LogP contribution is 2.19. The SMILES string of the molecule is CCNC(=NCCC1CCN(C)CC1)NCCc1ccc(S(C)(=O)=O)cc1.I. The Morgan fingerprint density at radius 1 is 1.18 bits per heavy atom. The number of benzene rings is 1. The summed E-state index contributed by atoms with van der Waals surface area (Å²) in [5.41, 5.74) is 1.11. The molecule has 0 bridgehead atoms. The predicted octanol–water partition coefficient (Wildman–Crippen LogP) is 2.54. The van der Waals surface area contributed by atoms with Crippen LogP contribution in [0.15, 0.2) is 34.2 Å². The molecular formula is C20H35IN4O2S. The Balaban J connectivity index is 0.00000392. The summed E-state index contributed by atoms with van der Waals surface area (Å²) in [6.45, 7) is 6.92. The molecule has 6 nitrogen and oxygen atoms in total. The van der Waals surface area contributed by atoms with Gasteiger partial charge in [-0.2, -0.15) is 0 Å². The highest BCUT2D eigenvalue weighted by atomic mass is 127. The van der Waals surface area contributed by atoms with Crippen molar-refractivity contribution >= 4 is 39.8 Å². The summed E-state index contributed by atoms with van der Waals surface area (Å²) in [7, 11) is -0.940. The van der Waals surface area contributed by atoms with E-state index in [9.17, 15) is 8.42 Å². The molecule has 0 spiro atoms. The van der Waals surface area contributed by atoms with Gasteiger partial charge in [0.05, 0.1) is 4.90 Å². The summed E-state index contributed by atoms with van der Waals surface area (Å²) in [6.07, 6.45) is 5.76. The Kier molecular flexibility index (Phi) is 11.4. The average molecular weight is 522 g/mol. The number of piperidine rings is 1. The molecule has 1 aromatic carbocycles. The van der Waals surface area contributed by atoms with Gasteiger partial charge in [-0.15, -0.1) is 24.0 Å². The number of halogens is 1. The number of likely N-dealkylation sites (tertiary alicyclic amines) is 1. The van der Waals surface area contributed by atoms with E-state index in [-0.39, 0.29) is 24.0 Å². The van der Waals surface area contributed by atoms with Crippen LogP contribution >= 0.6 is 24.0 Å². The molecule has 28 heavy (non-hydrogen) atoms. The first-order valence-electron chi connectivity index (χ1n) is 9.88. The third-order valence-electron chi connectivity index (χ3n) is 5.05. The molecule has 1 heterocycles. The second-order valence-electron chi connectivity index (χ2n) is 7.39. The van der Waals surface area contributed by atoms with Gasteiger partial charge in [0.2, 0.25) is 0 Å². The van der Waals surface area contributed by atoms with Crippen molar-refractivity contribution in [3.63, 3.8) is 0 Å². The van der Waals surface area contributed by atoms with E-state index in [1.54, 1.807) is 12.1 Å². The highest BCUT2D eigenvalue weighted by molar-refractivity contribution is 14.0. The minimum absolute atomic E-state index is 0. The highest BCUT2D eigenvalue weighted by Gasteiger charge is 2.15. The molecule has 2 rings (SSSR count). The van der Waals surface area contributed by atoms with Crippen LogP contribution in [-0.2, 0) is 16.3 Å². The van der Waals surface area contributed by atoms with E-state index in [0.29, 0.717) is 4.90 Å². The van der Waals surface area contributed by atoms with Crippen molar-refractivity contribution in [3.05, 3.63) is 29.8 Å². The van der Waals surface area contributed by atoms with E-state index in [4.69, 9.17) is 4.99 Å². The lowest BCUT2D eigenvalue weighted by Gasteiger charge is -2.28. The van der Waals surface area contributed by atoms with Crippen LogP contribution in [0.2, 0.25) is 0 Å². The monoisotopic (exact) mass is 522 g/mol. The lowest BCUT2D eigenvalue weighted by molar-refractivity contribution is 0.214. The lowest BCUT2D eigenvalue weighted by Crippen LogP contribution is -2.38. The Morgan fingerprint density at radius 2 is 1.82 bits per heavy atom. The van der Waals surface area contributed by atoms with Crippen molar-refractivity contribution in [3.8, 4) is 0 Å². The van der Waals surface area contributed by atoms with Crippen LogP contribution < -0.4 is 10.6 Å². The number of hydrogen-bond donors (Lipinski definition) is 2. The van der Waals surface area contributed by atoms with Gasteiger partial charge in [0, 0.05) is 25.9 Å². The summed E-state index contributed by atoms with van der Waals surface area (Å²) < 4.78 is 23.0. The van der Waals surface area contributed by atoms with Gasteiger partial charge in [0.15, 0.2) is 15.8 Å². The minimum Gasteiger partial charge on any atom is -0.357 e. The van der Waals surface area contributed by atoms with Crippen molar-refractivity contribution in [1.82, 2.24) is 15.5 Å². The summed E-state index contributed by atoms with van der Waals surface area (Å²) in [5, 5.41) is 6.67. The van der Waals surface area contributed by atoms with Gasteiger partial charge in [0.1, 0.15) is 0 Å². The third-order valence-corrected chi connectivity index (χ3v) is 6.18. The fourth-order valence-electron chi connectivity index (χ4n) is 3.28. The van der Waals surface area contributed by atoms with E-state index in [1.807, 2.05) is 12.1 Å². The predicted molar refractivity (Wildman–Crippen MR) is 127 cm³/mol. The summed E-state index contributed by atoms with van der Waals surface area (Å²) in [5.74, 6) is 1.65. The molecule has 0 saturated carbocycles. The van der Waals surface area contributed by atoms with E-state index in [1.165, 1.54) is 32.2 Å². The Hall–Kier alpha value is -0.870. The number of sulfone groups is 1. The van der Waals surface area contributed by atoms with Gasteiger partial charge in [-0.1, -0.05) is 12.1 Å². The van der Waals surface area contributed by atoms with Crippen LogP contribution in [0.3, 0.4) is 0 Å². The van der Waals surface area contributed by atoms with Gasteiger partial charge in [-0.3, -0.25) is 4.99 Å². The molecule has 8 heteroatoms. The average Bonchev–Trinajstić information content (AvgIpc) is 2.63. The zero-order valence-corrected chi connectivity index (χ0v) is 20.4. The van der Waals surface area contributed by atoms with Crippen molar-refractivity contribution in [2.45, 2.75) is 37.5 Å². The van der Waals surface area contributed by atoms with Crippen molar-refractivity contribution in [2.24, 2.45) is 10.9 Å². The van der Waals surface area contributed by atoms with Crippen molar-refractivity contribution in [2.75, 3.05) is 46.0 Å². The maximum atomic E-state index is 11.5. The van der Waals surface area contributed by atoms with Gasteiger partial charge >= 0.3 is 0 Å². The Bertz CT molecular complexity index is 699.